The summed E-state index contributed by atoms with van der Waals surface area (Å²) >= 11 is 6.83. The molecule has 0 spiro atoms. The van der Waals surface area contributed by atoms with E-state index in [0.29, 0.717) is 5.05 Å². The van der Waals surface area contributed by atoms with Crippen LogP contribution in [0.15, 0.2) is 60.7 Å². The second-order valence-electron chi connectivity index (χ2n) is 5.14. The largest absolute Gasteiger partial charge is 0.486 e. The van der Waals surface area contributed by atoms with Gasteiger partial charge in [-0.2, -0.15) is 0 Å². The molecule has 0 radical (unpaired) electrons. The van der Waals surface area contributed by atoms with Crippen molar-refractivity contribution in [1.82, 2.24) is 0 Å². The molecule has 23 heavy (non-hydrogen) atoms. The highest BCUT2D eigenvalue weighted by Crippen LogP contribution is 2.30. The topological polar surface area (TPSA) is 21.3 Å². The standard InChI is InChI=1S/C19H17NOS2/c1-13-17(12-18(23-13)19(22)21-2)20-16-10-8-15(9-11-16)14-6-4-3-5-7-14/h3-12,20H,1-2H3. The van der Waals surface area contributed by atoms with Crippen molar-refractivity contribution in [3.63, 3.8) is 0 Å². The third kappa shape index (κ3) is 3.60. The Bertz CT molecular complexity index is 807. The number of hydrogen-bond donors (Lipinski definition) is 1. The smallest absolute Gasteiger partial charge is 0.201 e. The minimum Gasteiger partial charge on any atom is -0.486 e. The predicted molar refractivity (Wildman–Crippen MR) is 103 cm³/mol. The Kier molecular flexibility index (Phi) is 4.74. The average molecular weight is 339 g/mol. The SMILES string of the molecule is COC(=S)c1cc(Nc2ccc(-c3ccccc3)cc2)c(C)s1. The second kappa shape index (κ2) is 6.94. The number of methoxy groups -OCH3 is 1. The van der Waals surface area contributed by atoms with E-state index >= 15 is 0 Å². The molecule has 0 unspecified atom stereocenters. The highest BCUT2D eigenvalue weighted by atomic mass is 32.1. The van der Waals surface area contributed by atoms with Crippen LogP contribution in [-0.4, -0.2) is 12.2 Å². The highest BCUT2D eigenvalue weighted by molar-refractivity contribution is 7.80. The van der Waals surface area contributed by atoms with Crippen molar-refractivity contribution in [2.75, 3.05) is 12.4 Å². The van der Waals surface area contributed by atoms with Crippen molar-refractivity contribution < 1.29 is 4.74 Å². The summed E-state index contributed by atoms with van der Waals surface area (Å²) in [5, 5.41) is 3.98. The molecular weight excluding hydrogens is 322 g/mol. The number of anilines is 2. The van der Waals surface area contributed by atoms with Gasteiger partial charge in [0.2, 0.25) is 5.05 Å². The van der Waals surface area contributed by atoms with Gasteiger partial charge in [0.1, 0.15) is 0 Å². The van der Waals surface area contributed by atoms with Crippen LogP contribution in [0.25, 0.3) is 11.1 Å². The van der Waals surface area contributed by atoms with Gasteiger partial charge in [-0.1, -0.05) is 42.5 Å². The third-order valence-corrected chi connectivity index (χ3v) is 5.14. The summed E-state index contributed by atoms with van der Waals surface area (Å²) in [6.07, 6.45) is 0. The van der Waals surface area contributed by atoms with Crippen LogP contribution in [0.4, 0.5) is 11.4 Å². The maximum atomic E-state index is 5.19. The molecule has 1 N–H and O–H groups in total. The number of thiophene rings is 1. The van der Waals surface area contributed by atoms with Gasteiger partial charge in [0.05, 0.1) is 17.7 Å². The lowest BCUT2D eigenvalue weighted by atomic mass is 10.1. The first kappa shape index (κ1) is 15.7. The Morgan fingerprint density at radius 3 is 2.30 bits per heavy atom. The Labute approximate surface area is 145 Å². The van der Waals surface area contributed by atoms with Crippen molar-refractivity contribution in [2.45, 2.75) is 6.92 Å². The Hall–Kier alpha value is -2.17. The van der Waals surface area contributed by atoms with Gasteiger partial charge in [0.25, 0.3) is 0 Å². The molecule has 0 aliphatic rings. The normalized spacial score (nSPS) is 10.3. The van der Waals surface area contributed by atoms with Crippen LogP contribution in [0.1, 0.15) is 9.75 Å². The fourth-order valence-electron chi connectivity index (χ4n) is 2.34. The van der Waals surface area contributed by atoms with Crippen molar-refractivity contribution in [3.05, 3.63) is 70.4 Å². The predicted octanol–water partition coefficient (Wildman–Crippen LogP) is 5.79. The van der Waals surface area contributed by atoms with Crippen LogP contribution in [0.2, 0.25) is 0 Å². The fraction of sp³-hybridized carbons (Fsp3) is 0.105. The van der Waals surface area contributed by atoms with Gasteiger partial charge in [0.15, 0.2) is 0 Å². The number of ether oxygens (including phenoxy) is 1. The zero-order valence-electron chi connectivity index (χ0n) is 13.0. The van der Waals surface area contributed by atoms with E-state index in [1.165, 1.54) is 16.0 Å². The first-order valence-electron chi connectivity index (χ1n) is 7.28. The van der Waals surface area contributed by atoms with Crippen molar-refractivity contribution in [1.29, 1.82) is 0 Å². The van der Waals surface area contributed by atoms with Gasteiger partial charge < -0.3 is 10.1 Å². The Balaban J connectivity index is 1.79. The highest BCUT2D eigenvalue weighted by Gasteiger charge is 2.10. The molecule has 1 heterocycles. The molecule has 0 aliphatic carbocycles. The van der Waals surface area contributed by atoms with Gasteiger partial charge >= 0.3 is 0 Å². The first-order chi connectivity index (χ1) is 11.2. The Morgan fingerprint density at radius 1 is 1.00 bits per heavy atom. The van der Waals surface area contributed by atoms with E-state index in [9.17, 15) is 0 Å². The average Bonchev–Trinajstić information content (AvgIpc) is 2.96. The second-order valence-corrected chi connectivity index (χ2v) is 6.77. The monoisotopic (exact) mass is 339 g/mol. The van der Waals surface area contributed by atoms with E-state index in [4.69, 9.17) is 17.0 Å². The van der Waals surface area contributed by atoms with Crippen molar-refractivity contribution in [2.24, 2.45) is 0 Å². The molecule has 0 saturated heterocycles. The lowest BCUT2D eigenvalue weighted by Gasteiger charge is -2.07. The van der Waals surface area contributed by atoms with Crippen LogP contribution >= 0.6 is 23.6 Å². The molecule has 0 bridgehead atoms. The lowest BCUT2D eigenvalue weighted by molar-refractivity contribution is 0.417. The summed E-state index contributed by atoms with van der Waals surface area (Å²) in [4.78, 5) is 2.16. The number of benzene rings is 2. The van der Waals surface area contributed by atoms with Crippen molar-refractivity contribution in [3.8, 4) is 11.1 Å². The summed E-state index contributed by atoms with van der Waals surface area (Å²) in [6, 6.07) is 20.8. The molecule has 116 valence electrons. The number of thiocarbonyl (C=S) groups is 1. The molecule has 2 aromatic carbocycles. The summed E-state index contributed by atoms with van der Waals surface area (Å²) < 4.78 is 5.13. The third-order valence-electron chi connectivity index (χ3n) is 3.58. The summed E-state index contributed by atoms with van der Waals surface area (Å²) in [5.41, 5.74) is 4.55. The molecule has 1 aromatic heterocycles. The minimum absolute atomic E-state index is 0.533. The number of nitrogens with one attached hydrogen (secondary N) is 1. The molecule has 2 nitrogen and oxygen atoms in total. The van der Waals surface area contributed by atoms with Gasteiger partial charge in [-0.25, -0.2) is 0 Å². The molecule has 0 amide bonds. The quantitative estimate of drug-likeness (QED) is 0.608. The molecular formula is C19H17NOS2. The molecule has 4 heteroatoms. The maximum absolute atomic E-state index is 5.19. The zero-order valence-corrected chi connectivity index (χ0v) is 14.6. The van der Waals surface area contributed by atoms with E-state index in [1.54, 1.807) is 18.4 Å². The minimum atomic E-state index is 0.533. The first-order valence-corrected chi connectivity index (χ1v) is 8.51. The summed E-state index contributed by atoms with van der Waals surface area (Å²) in [7, 11) is 1.60. The molecule has 3 rings (SSSR count). The summed E-state index contributed by atoms with van der Waals surface area (Å²) in [6.45, 7) is 2.08. The van der Waals surface area contributed by atoms with Crippen LogP contribution in [-0.2, 0) is 4.74 Å². The van der Waals surface area contributed by atoms with Crippen LogP contribution in [0.3, 0.4) is 0 Å². The lowest BCUT2D eigenvalue weighted by Crippen LogP contribution is -1.95. The number of hydrogen-bond acceptors (Lipinski definition) is 4. The summed E-state index contributed by atoms with van der Waals surface area (Å²) in [5.74, 6) is 0. The molecule has 0 aliphatic heterocycles. The zero-order chi connectivity index (χ0) is 16.2. The Morgan fingerprint density at radius 2 is 1.65 bits per heavy atom. The number of rotatable bonds is 4. The van der Waals surface area contributed by atoms with Crippen LogP contribution < -0.4 is 5.32 Å². The van der Waals surface area contributed by atoms with Gasteiger partial charge in [-0.3, -0.25) is 0 Å². The van der Waals surface area contributed by atoms with Crippen molar-refractivity contribution >= 4 is 40.0 Å². The van der Waals surface area contributed by atoms with E-state index in [2.05, 4.69) is 60.8 Å². The van der Waals surface area contributed by atoms with Crippen LogP contribution in [0.5, 0.6) is 0 Å². The van der Waals surface area contributed by atoms with E-state index < -0.39 is 0 Å². The van der Waals surface area contributed by atoms with Gasteiger partial charge in [-0.05, 0) is 48.5 Å². The van der Waals surface area contributed by atoms with E-state index in [-0.39, 0.29) is 0 Å². The van der Waals surface area contributed by atoms with Gasteiger partial charge in [0, 0.05) is 10.6 Å². The molecule has 0 fully saturated rings. The molecule has 0 atom stereocenters. The van der Waals surface area contributed by atoms with E-state index in [1.807, 2.05) is 12.1 Å². The fourth-order valence-corrected chi connectivity index (χ4v) is 3.42. The van der Waals surface area contributed by atoms with Gasteiger partial charge in [-0.15, -0.1) is 11.3 Å². The molecule has 3 aromatic rings. The number of aryl methyl sites for hydroxylation is 1. The van der Waals surface area contributed by atoms with E-state index in [0.717, 1.165) is 16.3 Å². The maximum Gasteiger partial charge on any atom is 0.201 e. The van der Waals surface area contributed by atoms with Crippen LogP contribution in [0, 0.1) is 6.92 Å². The molecule has 0 saturated carbocycles.